The molecule has 18 heavy (non-hydrogen) atoms. The van der Waals surface area contributed by atoms with Gasteiger partial charge in [-0.15, -0.1) is 0 Å². The summed E-state index contributed by atoms with van der Waals surface area (Å²) >= 11 is 0. The summed E-state index contributed by atoms with van der Waals surface area (Å²) in [4.78, 5) is 22.1. The first-order chi connectivity index (χ1) is 8.45. The van der Waals surface area contributed by atoms with Crippen LogP contribution in [0.3, 0.4) is 0 Å². The SMILES string of the molecule is COc1c(C)cc(C(=O)NCCC(=O)O)cc1C. The summed E-state index contributed by atoms with van der Waals surface area (Å²) in [5.74, 6) is -0.445. The minimum Gasteiger partial charge on any atom is -0.496 e. The molecule has 0 aromatic heterocycles. The van der Waals surface area contributed by atoms with E-state index in [1.165, 1.54) is 0 Å². The molecule has 0 aliphatic carbocycles. The van der Waals surface area contributed by atoms with Crippen LogP contribution in [0.15, 0.2) is 12.1 Å². The normalized spacial score (nSPS) is 9.94. The highest BCUT2D eigenvalue weighted by molar-refractivity contribution is 5.95. The maximum Gasteiger partial charge on any atom is 0.305 e. The van der Waals surface area contributed by atoms with Crippen molar-refractivity contribution < 1.29 is 19.4 Å². The summed E-state index contributed by atoms with van der Waals surface area (Å²) in [6.45, 7) is 3.85. The van der Waals surface area contributed by atoms with E-state index in [1.807, 2.05) is 13.8 Å². The monoisotopic (exact) mass is 251 g/mol. The Balaban J connectivity index is 2.78. The molecule has 0 aliphatic heterocycles. The zero-order chi connectivity index (χ0) is 13.7. The molecule has 1 aromatic rings. The zero-order valence-electron chi connectivity index (χ0n) is 10.7. The lowest BCUT2D eigenvalue weighted by atomic mass is 10.1. The van der Waals surface area contributed by atoms with Gasteiger partial charge in [-0.05, 0) is 37.1 Å². The van der Waals surface area contributed by atoms with Crippen LogP contribution >= 0.6 is 0 Å². The van der Waals surface area contributed by atoms with E-state index in [1.54, 1.807) is 19.2 Å². The van der Waals surface area contributed by atoms with E-state index >= 15 is 0 Å². The number of ether oxygens (including phenoxy) is 1. The van der Waals surface area contributed by atoms with Crippen LogP contribution < -0.4 is 10.1 Å². The molecule has 5 heteroatoms. The van der Waals surface area contributed by atoms with Crippen molar-refractivity contribution in [1.82, 2.24) is 5.32 Å². The number of aryl methyl sites for hydroxylation is 2. The maximum absolute atomic E-state index is 11.8. The summed E-state index contributed by atoms with van der Waals surface area (Å²) < 4.78 is 5.21. The molecule has 0 fully saturated rings. The van der Waals surface area contributed by atoms with Gasteiger partial charge in [-0.2, -0.15) is 0 Å². The van der Waals surface area contributed by atoms with Crippen molar-refractivity contribution in [2.24, 2.45) is 0 Å². The number of amides is 1. The van der Waals surface area contributed by atoms with Gasteiger partial charge in [-0.1, -0.05) is 0 Å². The first-order valence-electron chi connectivity index (χ1n) is 5.61. The van der Waals surface area contributed by atoms with E-state index in [2.05, 4.69) is 5.32 Å². The molecular weight excluding hydrogens is 234 g/mol. The molecule has 1 rings (SSSR count). The zero-order valence-corrected chi connectivity index (χ0v) is 10.7. The van der Waals surface area contributed by atoms with Crippen LogP contribution in [-0.2, 0) is 4.79 Å². The summed E-state index contributed by atoms with van der Waals surface area (Å²) in [7, 11) is 1.59. The lowest BCUT2D eigenvalue weighted by Gasteiger charge is -2.11. The van der Waals surface area contributed by atoms with Crippen LogP contribution in [0.2, 0.25) is 0 Å². The molecule has 0 bridgehead atoms. The third-order valence-electron chi connectivity index (χ3n) is 2.55. The van der Waals surface area contributed by atoms with Crippen molar-refractivity contribution in [3.8, 4) is 5.75 Å². The van der Waals surface area contributed by atoms with E-state index in [-0.39, 0.29) is 18.9 Å². The highest BCUT2D eigenvalue weighted by Crippen LogP contribution is 2.24. The minimum absolute atomic E-state index is 0.0835. The fraction of sp³-hybridized carbons (Fsp3) is 0.385. The molecule has 0 atom stereocenters. The number of rotatable bonds is 5. The first-order valence-corrected chi connectivity index (χ1v) is 5.61. The molecule has 0 radical (unpaired) electrons. The fourth-order valence-electron chi connectivity index (χ4n) is 1.79. The molecule has 0 saturated heterocycles. The number of carbonyl (C=O) groups excluding carboxylic acids is 1. The molecule has 1 aromatic carbocycles. The number of aliphatic carboxylic acids is 1. The Morgan fingerprint density at radius 2 is 1.83 bits per heavy atom. The fourth-order valence-corrected chi connectivity index (χ4v) is 1.79. The van der Waals surface area contributed by atoms with Crippen molar-refractivity contribution >= 4 is 11.9 Å². The number of carbonyl (C=O) groups is 2. The average Bonchev–Trinajstić information content (AvgIpc) is 2.27. The Hall–Kier alpha value is -2.04. The van der Waals surface area contributed by atoms with E-state index in [4.69, 9.17) is 9.84 Å². The van der Waals surface area contributed by atoms with Crippen LogP contribution in [-0.4, -0.2) is 30.6 Å². The standard InChI is InChI=1S/C13H17NO4/c1-8-6-10(7-9(2)12(8)18-3)13(17)14-5-4-11(15)16/h6-7H,4-5H2,1-3H3,(H,14,17)(H,15,16). The van der Waals surface area contributed by atoms with Gasteiger partial charge in [0, 0.05) is 12.1 Å². The van der Waals surface area contributed by atoms with Gasteiger partial charge in [0.25, 0.3) is 5.91 Å². The van der Waals surface area contributed by atoms with Crippen LogP contribution in [0.25, 0.3) is 0 Å². The Labute approximate surface area is 106 Å². The Morgan fingerprint density at radius 1 is 1.28 bits per heavy atom. The van der Waals surface area contributed by atoms with Gasteiger partial charge in [0.15, 0.2) is 0 Å². The van der Waals surface area contributed by atoms with Crippen molar-refractivity contribution in [2.45, 2.75) is 20.3 Å². The molecular formula is C13H17NO4. The highest BCUT2D eigenvalue weighted by Gasteiger charge is 2.11. The molecule has 0 spiro atoms. The summed E-state index contributed by atoms with van der Waals surface area (Å²) in [5, 5.41) is 11.0. The number of carboxylic acid groups (broad SMARTS) is 1. The Bertz CT molecular complexity index is 445. The second-order valence-electron chi connectivity index (χ2n) is 4.04. The summed E-state index contributed by atoms with van der Waals surface area (Å²) in [6, 6.07) is 3.45. The minimum atomic E-state index is -0.933. The first kappa shape index (κ1) is 14.0. The van der Waals surface area contributed by atoms with Gasteiger partial charge in [0.1, 0.15) is 5.75 Å². The number of hydrogen-bond donors (Lipinski definition) is 2. The molecule has 5 nitrogen and oxygen atoms in total. The van der Waals surface area contributed by atoms with Gasteiger partial charge >= 0.3 is 5.97 Å². The van der Waals surface area contributed by atoms with Gasteiger partial charge in [-0.3, -0.25) is 9.59 Å². The molecule has 0 aliphatic rings. The van der Waals surface area contributed by atoms with Crippen LogP contribution in [0, 0.1) is 13.8 Å². The maximum atomic E-state index is 11.8. The largest absolute Gasteiger partial charge is 0.496 e. The van der Waals surface area contributed by atoms with Crippen LogP contribution in [0.4, 0.5) is 0 Å². The molecule has 0 saturated carbocycles. The number of benzene rings is 1. The van der Waals surface area contributed by atoms with E-state index in [9.17, 15) is 9.59 Å². The number of hydrogen-bond acceptors (Lipinski definition) is 3. The molecule has 0 unspecified atom stereocenters. The van der Waals surface area contributed by atoms with Crippen molar-refractivity contribution in [1.29, 1.82) is 0 Å². The number of nitrogens with one attached hydrogen (secondary N) is 1. The van der Waals surface area contributed by atoms with Gasteiger partial charge < -0.3 is 15.2 Å². The van der Waals surface area contributed by atoms with Gasteiger partial charge in [0.2, 0.25) is 0 Å². The van der Waals surface area contributed by atoms with Gasteiger partial charge in [-0.25, -0.2) is 0 Å². The molecule has 2 N–H and O–H groups in total. The third kappa shape index (κ3) is 3.48. The lowest BCUT2D eigenvalue weighted by Crippen LogP contribution is -2.26. The highest BCUT2D eigenvalue weighted by atomic mass is 16.5. The molecule has 1 amide bonds. The summed E-state index contributed by atoms with van der Waals surface area (Å²) in [5.41, 5.74) is 2.26. The van der Waals surface area contributed by atoms with Crippen molar-refractivity contribution in [3.63, 3.8) is 0 Å². The molecule has 98 valence electrons. The third-order valence-corrected chi connectivity index (χ3v) is 2.55. The molecule has 0 heterocycles. The Morgan fingerprint density at radius 3 is 2.28 bits per heavy atom. The Kier molecular flexibility index (Phi) is 4.71. The average molecular weight is 251 g/mol. The number of carboxylic acids is 1. The van der Waals surface area contributed by atoms with E-state index in [0.717, 1.165) is 16.9 Å². The second-order valence-corrected chi connectivity index (χ2v) is 4.04. The quantitative estimate of drug-likeness (QED) is 0.831. The smallest absolute Gasteiger partial charge is 0.305 e. The summed E-state index contributed by atoms with van der Waals surface area (Å²) in [6.07, 6.45) is -0.0835. The van der Waals surface area contributed by atoms with Crippen LogP contribution in [0.5, 0.6) is 5.75 Å². The van der Waals surface area contributed by atoms with E-state index < -0.39 is 5.97 Å². The predicted octanol–water partition coefficient (Wildman–Crippen LogP) is 1.52. The van der Waals surface area contributed by atoms with Gasteiger partial charge in [0.05, 0.1) is 13.5 Å². The van der Waals surface area contributed by atoms with E-state index in [0.29, 0.717) is 5.56 Å². The second kappa shape index (κ2) is 6.05. The van der Waals surface area contributed by atoms with Crippen molar-refractivity contribution in [2.75, 3.05) is 13.7 Å². The van der Waals surface area contributed by atoms with Crippen LogP contribution in [0.1, 0.15) is 27.9 Å². The number of methoxy groups -OCH3 is 1. The predicted molar refractivity (Wildman–Crippen MR) is 67.1 cm³/mol. The lowest BCUT2D eigenvalue weighted by molar-refractivity contribution is -0.136. The van der Waals surface area contributed by atoms with Crippen molar-refractivity contribution in [3.05, 3.63) is 28.8 Å². The topological polar surface area (TPSA) is 75.6 Å².